The Bertz CT molecular complexity index is 948. The minimum atomic E-state index is -0.723. The van der Waals surface area contributed by atoms with E-state index in [0.29, 0.717) is 6.42 Å². The first-order chi connectivity index (χ1) is 17.1. The minimum Gasteiger partial charge on any atom is -0.481 e. The lowest BCUT2D eigenvalue weighted by molar-refractivity contribution is -0.147. The molecule has 0 aromatic heterocycles. The Hall–Kier alpha value is -1.17. The molecule has 2 N–H and O–H groups in total. The summed E-state index contributed by atoms with van der Waals surface area (Å²) in [5, 5.41) is 19.3. The van der Waals surface area contributed by atoms with Gasteiger partial charge in [-0.2, -0.15) is 0 Å². The van der Waals surface area contributed by atoms with Gasteiger partial charge in [-0.15, -0.1) is 0 Å². The van der Waals surface area contributed by atoms with Crippen molar-refractivity contribution in [1.29, 1.82) is 0 Å². The zero-order valence-electron chi connectivity index (χ0n) is 24.4. The van der Waals surface area contributed by atoms with E-state index < -0.39 is 11.4 Å². The molecular weight excluding hydrogens is 496 g/mol. The molecule has 2 aliphatic heterocycles. The molecule has 0 radical (unpaired) electrons. The zero-order chi connectivity index (χ0) is 27.9. The number of aliphatic hydroxyl groups is 1. The zero-order valence-corrected chi connectivity index (χ0v) is 26.1. The van der Waals surface area contributed by atoms with Crippen LogP contribution < -0.4 is 0 Å². The van der Waals surface area contributed by atoms with Crippen LogP contribution in [-0.2, 0) is 4.79 Å². The van der Waals surface area contributed by atoms with Gasteiger partial charge in [0.25, 0.3) is 0 Å². The van der Waals surface area contributed by atoms with Crippen molar-refractivity contribution >= 4 is 29.5 Å². The van der Waals surface area contributed by atoms with Gasteiger partial charge in [-0.3, -0.25) is 4.79 Å². The third kappa shape index (κ3) is 10.1. The Kier molecular flexibility index (Phi) is 11.5. The topological polar surface area (TPSA) is 57.5 Å². The number of hydrogen-bond acceptors (Lipinski definition) is 4. The number of aliphatic carboxylic acids is 1. The summed E-state index contributed by atoms with van der Waals surface area (Å²) in [6.07, 6.45) is 21.7. The predicted molar refractivity (Wildman–Crippen MR) is 163 cm³/mol. The first-order valence-corrected chi connectivity index (χ1v) is 15.6. The summed E-state index contributed by atoms with van der Waals surface area (Å²) in [5.41, 5.74) is -0.596. The van der Waals surface area contributed by atoms with Crippen LogP contribution in [0.1, 0.15) is 107 Å². The van der Waals surface area contributed by atoms with Gasteiger partial charge < -0.3 is 10.2 Å². The minimum absolute atomic E-state index is 0.0151. The van der Waals surface area contributed by atoms with Gasteiger partial charge in [0.1, 0.15) is 0 Å². The number of carboxylic acids is 1. The van der Waals surface area contributed by atoms with Gasteiger partial charge in [0.05, 0.1) is 5.41 Å². The molecule has 0 aliphatic carbocycles. The van der Waals surface area contributed by atoms with Crippen molar-refractivity contribution in [3.63, 3.8) is 0 Å². The maximum Gasteiger partial charge on any atom is 0.309 e. The standard InChI is InChI=1S/C32H50O3S2/c1-9-32(10-2,23-33)18-12-14-25-20-30(5,6)22-27(37-25)16-15-26-21-29(3,4)19-24(36-26)13-11-17-31(7,8)28(34)35/h15-16,19-22,33H,9-14,17-18,23H2,1-8H3,(H,34,35). The number of thioether (sulfide) groups is 2. The highest BCUT2D eigenvalue weighted by Gasteiger charge is 2.28. The second kappa shape index (κ2) is 13.3. The molecule has 0 saturated carbocycles. The average molecular weight is 547 g/mol. The first-order valence-electron chi connectivity index (χ1n) is 13.9. The van der Waals surface area contributed by atoms with Crippen LogP contribution in [0.4, 0.5) is 0 Å². The third-order valence-electron chi connectivity index (χ3n) is 7.77. The fourth-order valence-corrected chi connectivity index (χ4v) is 7.82. The van der Waals surface area contributed by atoms with Crippen molar-refractivity contribution in [2.24, 2.45) is 21.7 Å². The fourth-order valence-electron chi connectivity index (χ4n) is 5.00. The molecule has 2 heterocycles. The number of carbonyl (C=O) groups is 1. The van der Waals surface area contributed by atoms with Crippen LogP contribution in [0.5, 0.6) is 0 Å². The van der Waals surface area contributed by atoms with Crippen molar-refractivity contribution in [2.45, 2.75) is 107 Å². The Morgan fingerprint density at radius 2 is 1.27 bits per heavy atom. The predicted octanol–water partition coefficient (Wildman–Crippen LogP) is 9.87. The first kappa shape index (κ1) is 32.0. The fraction of sp³-hybridized carbons (Fsp3) is 0.656. The SMILES string of the molecule is CCC(CC)(CO)CCCC1=CC(C)(C)C=C(C=CC2=CC(C)(C)C=C(CCCC(C)(C)C(=O)O)S2)S1. The molecule has 0 spiro atoms. The quantitative estimate of drug-likeness (QED) is 0.227. The Balaban J connectivity index is 2.01. The molecule has 0 fully saturated rings. The lowest BCUT2D eigenvalue weighted by atomic mass is 9.78. The lowest BCUT2D eigenvalue weighted by Gasteiger charge is -2.30. The summed E-state index contributed by atoms with van der Waals surface area (Å²) in [4.78, 5) is 16.8. The van der Waals surface area contributed by atoms with E-state index in [2.05, 4.69) is 78.0 Å². The third-order valence-corrected chi connectivity index (χ3v) is 9.92. The summed E-state index contributed by atoms with van der Waals surface area (Å²) in [5.74, 6) is -0.723. The summed E-state index contributed by atoms with van der Waals surface area (Å²) in [6.45, 7) is 17.3. The van der Waals surface area contributed by atoms with Gasteiger partial charge >= 0.3 is 5.97 Å². The van der Waals surface area contributed by atoms with Crippen LogP contribution >= 0.6 is 23.5 Å². The van der Waals surface area contributed by atoms with Crippen LogP contribution in [0.15, 0.2) is 56.1 Å². The number of carboxylic acid groups (broad SMARTS) is 1. The maximum absolute atomic E-state index is 11.4. The van der Waals surface area contributed by atoms with Crippen molar-refractivity contribution < 1.29 is 15.0 Å². The van der Waals surface area contributed by atoms with Gasteiger partial charge in [-0.05, 0) is 92.6 Å². The highest BCUT2D eigenvalue weighted by Crippen LogP contribution is 2.45. The van der Waals surface area contributed by atoms with E-state index in [-0.39, 0.29) is 22.9 Å². The molecular formula is C32H50O3S2. The van der Waals surface area contributed by atoms with E-state index in [9.17, 15) is 15.0 Å². The summed E-state index contributed by atoms with van der Waals surface area (Å²) in [6, 6.07) is 0. The molecule has 5 heteroatoms. The molecule has 2 rings (SSSR count). The van der Waals surface area contributed by atoms with Crippen LogP contribution in [0.2, 0.25) is 0 Å². The van der Waals surface area contributed by atoms with Gasteiger partial charge in [0.2, 0.25) is 0 Å². The lowest BCUT2D eigenvalue weighted by Crippen LogP contribution is -2.23. The molecule has 3 nitrogen and oxygen atoms in total. The molecule has 0 unspecified atom stereocenters. The van der Waals surface area contributed by atoms with E-state index in [1.807, 2.05) is 37.4 Å². The Morgan fingerprint density at radius 1 is 0.838 bits per heavy atom. The number of rotatable bonds is 14. The highest BCUT2D eigenvalue weighted by molar-refractivity contribution is 8.07. The summed E-state index contributed by atoms with van der Waals surface area (Å²) < 4.78 is 0. The van der Waals surface area contributed by atoms with Gasteiger partial charge in [-0.25, -0.2) is 0 Å². The Morgan fingerprint density at radius 3 is 1.65 bits per heavy atom. The molecule has 0 aromatic rings. The van der Waals surface area contributed by atoms with Crippen LogP contribution in [0.25, 0.3) is 0 Å². The van der Waals surface area contributed by atoms with E-state index in [1.54, 1.807) is 0 Å². The normalized spacial score (nSPS) is 19.8. The van der Waals surface area contributed by atoms with Crippen molar-refractivity contribution in [3.8, 4) is 0 Å². The second-order valence-corrected chi connectivity index (χ2v) is 15.2. The van der Waals surface area contributed by atoms with Gasteiger partial charge in [0.15, 0.2) is 0 Å². The highest BCUT2D eigenvalue weighted by atomic mass is 32.2. The number of aliphatic hydroxyl groups excluding tert-OH is 1. The molecule has 37 heavy (non-hydrogen) atoms. The second-order valence-electron chi connectivity index (χ2n) is 12.8. The van der Waals surface area contributed by atoms with E-state index >= 15 is 0 Å². The maximum atomic E-state index is 11.4. The average Bonchev–Trinajstić information content (AvgIpc) is 2.79. The van der Waals surface area contributed by atoms with Crippen molar-refractivity contribution in [2.75, 3.05) is 6.61 Å². The van der Waals surface area contributed by atoms with E-state index in [0.717, 1.165) is 44.9 Å². The molecule has 208 valence electrons. The van der Waals surface area contributed by atoms with Crippen molar-refractivity contribution in [1.82, 2.24) is 0 Å². The molecule has 0 saturated heterocycles. The monoisotopic (exact) mass is 546 g/mol. The molecule has 0 aromatic carbocycles. The van der Waals surface area contributed by atoms with Crippen LogP contribution in [0, 0.1) is 21.7 Å². The smallest absolute Gasteiger partial charge is 0.309 e. The molecule has 0 atom stereocenters. The van der Waals surface area contributed by atoms with Crippen LogP contribution in [0.3, 0.4) is 0 Å². The van der Waals surface area contributed by atoms with E-state index in [4.69, 9.17) is 0 Å². The van der Waals surface area contributed by atoms with Gasteiger partial charge in [-0.1, -0.05) is 89.4 Å². The molecule has 2 aliphatic rings. The Labute approximate surface area is 235 Å². The number of hydrogen-bond donors (Lipinski definition) is 2. The molecule has 0 bridgehead atoms. The van der Waals surface area contributed by atoms with Crippen LogP contribution in [-0.4, -0.2) is 22.8 Å². The van der Waals surface area contributed by atoms with Crippen molar-refractivity contribution in [3.05, 3.63) is 56.1 Å². The summed E-state index contributed by atoms with van der Waals surface area (Å²) in [7, 11) is 0. The van der Waals surface area contributed by atoms with Gasteiger partial charge in [0, 0.05) is 27.2 Å². The molecule has 0 amide bonds. The number of allylic oxidation sites excluding steroid dienone is 8. The summed E-state index contributed by atoms with van der Waals surface area (Å²) >= 11 is 3.70. The van der Waals surface area contributed by atoms with E-state index in [1.165, 1.54) is 19.6 Å². The largest absolute Gasteiger partial charge is 0.481 e.